The molecule has 2 unspecified atom stereocenters. The van der Waals surface area contributed by atoms with Crippen LogP contribution in [0.25, 0.3) is 0 Å². The Bertz CT molecular complexity index is 470. The van der Waals surface area contributed by atoms with Gasteiger partial charge in [-0.2, -0.15) is 0 Å². The van der Waals surface area contributed by atoms with E-state index in [0.29, 0.717) is 6.54 Å². The molecule has 2 aromatic carbocycles. The molecule has 0 spiro atoms. The molecule has 3 heteroatoms. The average Bonchev–Trinajstić information content (AvgIpc) is 2.49. The third kappa shape index (κ3) is 3.64. The molecule has 2 aromatic rings. The van der Waals surface area contributed by atoms with Crippen LogP contribution in [-0.2, 0) is 0 Å². The summed E-state index contributed by atoms with van der Waals surface area (Å²) < 4.78 is 0. The number of nitrogens with one attached hydrogen (secondary N) is 1. The van der Waals surface area contributed by atoms with Gasteiger partial charge in [-0.3, -0.25) is 0 Å². The van der Waals surface area contributed by atoms with Gasteiger partial charge in [0.2, 0.25) is 0 Å². The summed E-state index contributed by atoms with van der Waals surface area (Å²) in [5.41, 5.74) is 14.3. The van der Waals surface area contributed by atoms with Crippen LogP contribution in [-0.4, -0.2) is 13.1 Å². The molecule has 2 rings (SSSR count). The number of benzene rings is 2. The molecular formula is C16H21N3. The monoisotopic (exact) mass is 255 g/mol. The van der Waals surface area contributed by atoms with Crippen molar-refractivity contribution in [1.82, 2.24) is 5.32 Å². The lowest BCUT2D eigenvalue weighted by Crippen LogP contribution is -2.34. The lowest BCUT2D eigenvalue weighted by atomic mass is 9.94. The van der Waals surface area contributed by atoms with E-state index in [-0.39, 0.29) is 12.1 Å². The SMILES string of the molecule is NCCNC(c1ccccc1)C(N)c1ccccc1. The van der Waals surface area contributed by atoms with Crippen molar-refractivity contribution in [3.05, 3.63) is 71.8 Å². The molecular weight excluding hydrogens is 234 g/mol. The van der Waals surface area contributed by atoms with Gasteiger partial charge < -0.3 is 16.8 Å². The molecule has 0 radical (unpaired) electrons. The predicted octanol–water partition coefficient (Wildman–Crippen LogP) is 1.98. The molecule has 3 nitrogen and oxygen atoms in total. The van der Waals surface area contributed by atoms with Gasteiger partial charge in [-0.1, -0.05) is 60.7 Å². The first-order valence-corrected chi connectivity index (χ1v) is 6.62. The van der Waals surface area contributed by atoms with Crippen LogP contribution in [0, 0.1) is 0 Å². The van der Waals surface area contributed by atoms with Gasteiger partial charge in [-0.15, -0.1) is 0 Å². The van der Waals surface area contributed by atoms with Gasteiger partial charge in [0.05, 0.1) is 6.04 Å². The molecule has 0 bridgehead atoms. The summed E-state index contributed by atoms with van der Waals surface area (Å²) in [5, 5.41) is 3.43. The van der Waals surface area contributed by atoms with E-state index in [1.165, 1.54) is 5.56 Å². The van der Waals surface area contributed by atoms with Crippen molar-refractivity contribution in [1.29, 1.82) is 0 Å². The average molecular weight is 255 g/mol. The van der Waals surface area contributed by atoms with Crippen molar-refractivity contribution in [2.45, 2.75) is 12.1 Å². The molecule has 0 amide bonds. The van der Waals surface area contributed by atoms with Gasteiger partial charge in [0, 0.05) is 19.1 Å². The Hall–Kier alpha value is -1.68. The number of hydrogen-bond acceptors (Lipinski definition) is 3. The smallest absolute Gasteiger partial charge is 0.0516 e. The van der Waals surface area contributed by atoms with Crippen LogP contribution in [0.1, 0.15) is 23.2 Å². The van der Waals surface area contributed by atoms with Crippen molar-refractivity contribution < 1.29 is 0 Å². The van der Waals surface area contributed by atoms with Gasteiger partial charge >= 0.3 is 0 Å². The quantitative estimate of drug-likeness (QED) is 0.739. The third-order valence-corrected chi connectivity index (χ3v) is 3.21. The highest BCUT2D eigenvalue weighted by molar-refractivity contribution is 5.27. The lowest BCUT2D eigenvalue weighted by molar-refractivity contribution is 0.459. The molecule has 0 aliphatic carbocycles. The predicted molar refractivity (Wildman–Crippen MR) is 79.6 cm³/mol. The second kappa shape index (κ2) is 7.04. The van der Waals surface area contributed by atoms with Crippen LogP contribution in [0.4, 0.5) is 0 Å². The highest BCUT2D eigenvalue weighted by Crippen LogP contribution is 2.26. The van der Waals surface area contributed by atoms with Gasteiger partial charge in [-0.25, -0.2) is 0 Å². The summed E-state index contributed by atoms with van der Waals surface area (Å²) in [6, 6.07) is 20.4. The minimum atomic E-state index is -0.0878. The van der Waals surface area contributed by atoms with E-state index in [1.807, 2.05) is 36.4 Å². The minimum absolute atomic E-state index is 0.0761. The van der Waals surface area contributed by atoms with Crippen LogP contribution < -0.4 is 16.8 Å². The molecule has 5 N–H and O–H groups in total. The minimum Gasteiger partial charge on any atom is -0.329 e. The van der Waals surface area contributed by atoms with Gasteiger partial charge in [0.15, 0.2) is 0 Å². The van der Waals surface area contributed by atoms with Gasteiger partial charge in [0.25, 0.3) is 0 Å². The van der Waals surface area contributed by atoms with Crippen LogP contribution in [0.5, 0.6) is 0 Å². The van der Waals surface area contributed by atoms with Crippen LogP contribution in [0.3, 0.4) is 0 Å². The Labute approximate surface area is 114 Å². The first kappa shape index (κ1) is 13.7. The lowest BCUT2D eigenvalue weighted by Gasteiger charge is -2.26. The molecule has 0 fully saturated rings. The van der Waals surface area contributed by atoms with E-state index in [2.05, 4.69) is 29.6 Å². The Morgan fingerprint density at radius 2 is 1.37 bits per heavy atom. The van der Waals surface area contributed by atoms with E-state index in [4.69, 9.17) is 11.5 Å². The first-order chi connectivity index (χ1) is 9.33. The number of rotatable bonds is 6. The Balaban J connectivity index is 2.22. The fourth-order valence-corrected chi connectivity index (χ4v) is 2.22. The molecule has 0 saturated heterocycles. The zero-order chi connectivity index (χ0) is 13.5. The highest BCUT2D eigenvalue weighted by Gasteiger charge is 2.20. The molecule has 0 aliphatic heterocycles. The summed E-state index contributed by atoms with van der Waals surface area (Å²) in [7, 11) is 0. The fourth-order valence-electron chi connectivity index (χ4n) is 2.22. The molecule has 0 aliphatic rings. The number of nitrogens with two attached hydrogens (primary N) is 2. The summed E-state index contributed by atoms with van der Waals surface area (Å²) in [5.74, 6) is 0. The maximum atomic E-state index is 6.41. The van der Waals surface area contributed by atoms with E-state index in [9.17, 15) is 0 Å². The van der Waals surface area contributed by atoms with Gasteiger partial charge in [0.1, 0.15) is 0 Å². The largest absolute Gasteiger partial charge is 0.329 e. The van der Waals surface area contributed by atoms with E-state index in [0.717, 1.165) is 12.1 Å². The van der Waals surface area contributed by atoms with Crippen LogP contribution in [0.2, 0.25) is 0 Å². The van der Waals surface area contributed by atoms with Crippen molar-refractivity contribution in [3.63, 3.8) is 0 Å². The third-order valence-electron chi connectivity index (χ3n) is 3.21. The normalized spacial score (nSPS) is 14.0. The summed E-state index contributed by atoms with van der Waals surface area (Å²) in [4.78, 5) is 0. The second-order valence-corrected chi connectivity index (χ2v) is 4.57. The Morgan fingerprint density at radius 1 is 0.842 bits per heavy atom. The molecule has 19 heavy (non-hydrogen) atoms. The molecule has 0 heterocycles. The van der Waals surface area contributed by atoms with Crippen LogP contribution >= 0.6 is 0 Å². The molecule has 0 aromatic heterocycles. The highest BCUT2D eigenvalue weighted by atomic mass is 15.0. The molecule has 2 atom stereocenters. The summed E-state index contributed by atoms with van der Waals surface area (Å²) in [6.07, 6.45) is 0. The maximum Gasteiger partial charge on any atom is 0.0516 e. The standard InChI is InChI=1S/C16H21N3/c17-11-12-19-16(14-9-5-2-6-10-14)15(18)13-7-3-1-4-8-13/h1-10,15-16,19H,11-12,17-18H2. The summed E-state index contributed by atoms with van der Waals surface area (Å²) in [6.45, 7) is 1.35. The second-order valence-electron chi connectivity index (χ2n) is 4.57. The van der Waals surface area contributed by atoms with E-state index >= 15 is 0 Å². The van der Waals surface area contributed by atoms with Crippen molar-refractivity contribution in [3.8, 4) is 0 Å². The zero-order valence-corrected chi connectivity index (χ0v) is 11.0. The zero-order valence-electron chi connectivity index (χ0n) is 11.0. The van der Waals surface area contributed by atoms with Crippen molar-refractivity contribution >= 4 is 0 Å². The Kier molecular flexibility index (Phi) is 5.10. The van der Waals surface area contributed by atoms with Crippen molar-refractivity contribution in [2.24, 2.45) is 11.5 Å². The van der Waals surface area contributed by atoms with Crippen molar-refractivity contribution in [2.75, 3.05) is 13.1 Å². The van der Waals surface area contributed by atoms with E-state index in [1.54, 1.807) is 0 Å². The summed E-state index contributed by atoms with van der Waals surface area (Å²) >= 11 is 0. The Morgan fingerprint density at radius 3 is 1.89 bits per heavy atom. The first-order valence-electron chi connectivity index (χ1n) is 6.62. The van der Waals surface area contributed by atoms with Crippen LogP contribution in [0.15, 0.2) is 60.7 Å². The maximum absolute atomic E-state index is 6.41. The topological polar surface area (TPSA) is 64.1 Å². The number of hydrogen-bond donors (Lipinski definition) is 3. The van der Waals surface area contributed by atoms with E-state index < -0.39 is 0 Å². The fraction of sp³-hybridized carbons (Fsp3) is 0.250. The van der Waals surface area contributed by atoms with Gasteiger partial charge in [-0.05, 0) is 11.1 Å². The molecule has 100 valence electrons. The molecule has 0 saturated carbocycles.